The monoisotopic (exact) mass is 351 g/mol. The number of rotatable bonds is 4. The Kier molecular flexibility index (Phi) is 4.89. The zero-order valence-corrected chi connectivity index (χ0v) is 13.5. The minimum Gasteiger partial charge on any atom is -0.357 e. The summed E-state index contributed by atoms with van der Waals surface area (Å²) >= 11 is 0. The van der Waals surface area contributed by atoms with Gasteiger partial charge in [0.15, 0.2) is 5.78 Å². The second kappa shape index (κ2) is 7.43. The van der Waals surface area contributed by atoms with E-state index in [1.807, 2.05) is 0 Å². The van der Waals surface area contributed by atoms with Crippen molar-refractivity contribution < 1.29 is 18.8 Å². The lowest BCUT2D eigenvalue weighted by atomic mass is 9.98. The van der Waals surface area contributed by atoms with Crippen LogP contribution in [-0.2, 0) is 0 Å². The van der Waals surface area contributed by atoms with Crippen molar-refractivity contribution in [1.29, 1.82) is 0 Å². The molecule has 0 fully saturated rings. The van der Waals surface area contributed by atoms with Crippen LogP contribution in [0.5, 0.6) is 0 Å². The number of amides is 2. The van der Waals surface area contributed by atoms with Gasteiger partial charge in [-0.1, -0.05) is 18.2 Å². The molecule has 0 bridgehead atoms. The van der Waals surface area contributed by atoms with E-state index in [-0.39, 0.29) is 22.4 Å². The van der Waals surface area contributed by atoms with E-state index in [4.69, 9.17) is 0 Å². The summed E-state index contributed by atoms with van der Waals surface area (Å²) in [4.78, 5) is 39.6. The van der Waals surface area contributed by atoms with Crippen LogP contribution in [0.1, 0.15) is 36.8 Å². The van der Waals surface area contributed by atoms with Crippen LogP contribution < -0.4 is 10.9 Å². The van der Waals surface area contributed by atoms with Gasteiger partial charge in [-0.15, -0.1) is 0 Å². The lowest BCUT2D eigenvalue weighted by molar-refractivity contribution is 0.0842. The zero-order chi connectivity index (χ0) is 18.5. The van der Waals surface area contributed by atoms with Gasteiger partial charge in [0.25, 0.3) is 11.8 Å². The number of nitrogens with one attached hydrogen (secondary N) is 3. The molecule has 0 saturated heterocycles. The van der Waals surface area contributed by atoms with Crippen molar-refractivity contribution in [3.63, 3.8) is 0 Å². The van der Waals surface area contributed by atoms with Crippen molar-refractivity contribution >= 4 is 17.6 Å². The smallest absolute Gasteiger partial charge is 0.286 e. The first-order valence-corrected chi connectivity index (χ1v) is 7.69. The van der Waals surface area contributed by atoms with Gasteiger partial charge in [-0.3, -0.25) is 25.2 Å². The van der Waals surface area contributed by atoms with E-state index in [2.05, 4.69) is 15.8 Å². The molecule has 3 rings (SSSR count). The summed E-state index contributed by atoms with van der Waals surface area (Å²) in [7, 11) is 0. The fourth-order valence-corrected chi connectivity index (χ4v) is 2.36. The number of hydrogen-bond acceptors (Lipinski definition) is 3. The predicted molar refractivity (Wildman–Crippen MR) is 92.0 cm³/mol. The fourth-order valence-electron chi connectivity index (χ4n) is 2.36. The third-order valence-electron chi connectivity index (χ3n) is 3.65. The topological polar surface area (TPSA) is 91.1 Å². The van der Waals surface area contributed by atoms with E-state index in [9.17, 15) is 18.8 Å². The predicted octanol–water partition coefficient (Wildman–Crippen LogP) is 2.46. The van der Waals surface area contributed by atoms with Crippen molar-refractivity contribution in [2.45, 2.75) is 0 Å². The Morgan fingerprint density at radius 2 is 1.42 bits per heavy atom. The minimum absolute atomic E-state index is 0.0913. The maximum Gasteiger partial charge on any atom is 0.286 e. The van der Waals surface area contributed by atoms with E-state index in [0.29, 0.717) is 0 Å². The van der Waals surface area contributed by atoms with Gasteiger partial charge in [0.2, 0.25) is 0 Å². The summed E-state index contributed by atoms with van der Waals surface area (Å²) in [5.41, 5.74) is 5.30. The molecule has 0 saturated carbocycles. The van der Waals surface area contributed by atoms with Crippen molar-refractivity contribution in [3.8, 4) is 0 Å². The second-order valence-corrected chi connectivity index (χ2v) is 5.37. The molecule has 6 nitrogen and oxygen atoms in total. The second-order valence-electron chi connectivity index (χ2n) is 5.37. The van der Waals surface area contributed by atoms with Crippen LogP contribution in [0.4, 0.5) is 4.39 Å². The number of benzene rings is 2. The molecule has 2 aromatic carbocycles. The maximum absolute atomic E-state index is 13.0. The highest BCUT2D eigenvalue weighted by atomic mass is 19.1. The van der Waals surface area contributed by atoms with Gasteiger partial charge in [-0.05, 0) is 42.5 Å². The molecular weight excluding hydrogens is 337 g/mol. The molecule has 0 radical (unpaired) electrons. The molecule has 7 heteroatoms. The lowest BCUT2D eigenvalue weighted by Crippen LogP contribution is -2.42. The molecule has 0 aliphatic heterocycles. The number of carbonyl (C=O) groups excluding carboxylic acids is 3. The molecule has 0 atom stereocenters. The Bertz CT molecular complexity index is 950. The Morgan fingerprint density at radius 1 is 0.769 bits per heavy atom. The van der Waals surface area contributed by atoms with Gasteiger partial charge in [0, 0.05) is 17.3 Å². The number of ketones is 1. The number of H-pyrrole nitrogens is 1. The van der Waals surface area contributed by atoms with Crippen LogP contribution in [0.15, 0.2) is 66.9 Å². The summed E-state index contributed by atoms with van der Waals surface area (Å²) in [5.74, 6) is -2.05. The summed E-state index contributed by atoms with van der Waals surface area (Å²) in [6.07, 6.45) is 1.58. The standard InChI is InChI=1S/C19H14FN3O3/c20-13-9-7-12(8-10-13)17(24)14-4-1-2-5-15(14)18(25)22-23-19(26)16-6-3-11-21-16/h1-11,21H,(H,22,25)(H,23,26). The Balaban J connectivity index is 1.78. The molecule has 0 aliphatic carbocycles. The van der Waals surface area contributed by atoms with Crippen LogP contribution in [0.2, 0.25) is 0 Å². The highest BCUT2D eigenvalue weighted by molar-refractivity contribution is 6.15. The SMILES string of the molecule is O=C(NNC(=O)c1ccccc1C(=O)c1ccc(F)cc1)c1ccc[nH]1. The van der Waals surface area contributed by atoms with E-state index in [1.54, 1.807) is 30.5 Å². The van der Waals surface area contributed by atoms with Crippen LogP contribution in [0.25, 0.3) is 0 Å². The largest absolute Gasteiger partial charge is 0.357 e. The van der Waals surface area contributed by atoms with Gasteiger partial charge in [0.05, 0.1) is 5.56 Å². The quantitative estimate of drug-likeness (QED) is 0.498. The number of aromatic nitrogens is 1. The van der Waals surface area contributed by atoms with Gasteiger partial charge in [-0.2, -0.15) is 0 Å². The molecule has 0 unspecified atom stereocenters. The molecule has 1 heterocycles. The average molecular weight is 351 g/mol. The average Bonchev–Trinajstić information content (AvgIpc) is 3.21. The third-order valence-corrected chi connectivity index (χ3v) is 3.65. The molecule has 0 spiro atoms. The van der Waals surface area contributed by atoms with Crippen LogP contribution >= 0.6 is 0 Å². The number of halogens is 1. The summed E-state index contributed by atoms with van der Waals surface area (Å²) in [5, 5.41) is 0. The highest BCUT2D eigenvalue weighted by Gasteiger charge is 2.18. The van der Waals surface area contributed by atoms with E-state index in [1.165, 1.54) is 36.4 Å². The third kappa shape index (κ3) is 3.67. The minimum atomic E-state index is -0.643. The van der Waals surface area contributed by atoms with Crippen molar-refractivity contribution in [2.75, 3.05) is 0 Å². The molecule has 2 amide bonds. The molecule has 3 N–H and O–H groups in total. The van der Waals surface area contributed by atoms with Crippen molar-refractivity contribution in [2.24, 2.45) is 0 Å². The summed E-state index contributed by atoms with van der Waals surface area (Å²) < 4.78 is 13.0. The molecule has 3 aromatic rings. The van der Waals surface area contributed by atoms with E-state index < -0.39 is 23.4 Å². The highest BCUT2D eigenvalue weighted by Crippen LogP contribution is 2.15. The van der Waals surface area contributed by atoms with Gasteiger partial charge >= 0.3 is 0 Å². The van der Waals surface area contributed by atoms with Crippen LogP contribution in [0, 0.1) is 5.82 Å². The Hall–Kier alpha value is -3.74. The first-order valence-electron chi connectivity index (χ1n) is 7.69. The normalized spacial score (nSPS) is 10.2. The maximum atomic E-state index is 13.0. The lowest BCUT2D eigenvalue weighted by Gasteiger charge is -2.10. The molecule has 130 valence electrons. The molecule has 26 heavy (non-hydrogen) atoms. The van der Waals surface area contributed by atoms with Crippen molar-refractivity contribution in [1.82, 2.24) is 15.8 Å². The number of hydrogen-bond donors (Lipinski definition) is 3. The van der Waals surface area contributed by atoms with Gasteiger partial charge in [-0.25, -0.2) is 4.39 Å². The zero-order valence-electron chi connectivity index (χ0n) is 13.5. The molecule has 0 aliphatic rings. The Morgan fingerprint density at radius 3 is 2.08 bits per heavy atom. The first kappa shape index (κ1) is 17.1. The summed E-state index contributed by atoms with van der Waals surface area (Å²) in [6, 6.07) is 14.4. The van der Waals surface area contributed by atoms with Gasteiger partial charge in [0.1, 0.15) is 11.5 Å². The number of carbonyl (C=O) groups is 3. The number of hydrazine groups is 1. The van der Waals surface area contributed by atoms with Gasteiger partial charge < -0.3 is 4.98 Å². The molecular formula is C19H14FN3O3. The summed E-state index contributed by atoms with van der Waals surface area (Å²) in [6.45, 7) is 0. The fraction of sp³-hybridized carbons (Fsp3) is 0. The van der Waals surface area contributed by atoms with E-state index in [0.717, 1.165) is 0 Å². The Labute approximate surface area is 148 Å². The molecule has 1 aromatic heterocycles. The van der Waals surface area contributed by atoms with Crippen LogP contribution in [-0.4, -0.2) is 22.6 Å². The van der Waals surface area contributed by atoms with Crippen LogP contribution in [0.3, 0.4) is 0 Å². The van der Waals surface area contributed by atoms with E-state index >= 15 is 0 Å². The number of aromatic amines is 1. The first-order chi connectivity index (χ1) is 12.6. The van der Waals surface area contributed by atoms with Crippen molar-refractivity contribution in [3.05, 3.63) is 95.1 Å².